The molecule has 1 saturated heterocycles. The first-order chi connectivity index (χ1) is 15.8. The van der Waals surface area contributed by atoms with Gasteiger partial charge in [0.05, 0.1) is 6.04 Å². The van der Waals surface area contributed by atoms with Gasteiger partial charge >= 0.3 is 6.09 Å². The van der Waals surface area contributed by atoms with E-state index in [1.807, 2.05) is 19.1 Å². The molecule has 0 saturated carbocycles. The molecule has 1 heterocycles. The van der Waals surface area contributed by atoms with E-state index in [2.05, 4.69) is 15.9 Å². The molecular weight excluding hydrogens is 495 g/mol. The maximum absolute atomic E-state index is 14.1. The number of carbonyl (C=O) groups excluding carboxylic acids is 1. The molecule has 33 heavy (non-hydrogen) atoms. The van der Waals surface area contributed by atoms with Crippen LogP contribution in [0.3, 0.4) is 0 Å². The van der Waals surface area contributed by atoms with Crippen molar-refractivity contribution in [1.82, 2.24) is 4.90 Å². The lowest BCUT2D eigenvalue weighted by Gasteiger charge is -2.43. The minimum atomic E-state index is -0.811. The van der Waals surface area contributed by atoms with Crippen LogP contribution < -0.4 is 0 Å². The summed E-state index contributed by atoms with van der Waals surface area (Å²) >= 11 is 3.44. The van der Waals surface area contributed by atoms with Gasteiger partial charge in [-0.15, -0.1) is 0 Å². The standard InChI is InChI=1S/C26H23BrF3NO2/c1-17(18-2-4-19(5-3-18)23-11-10-22(29)16-24(23)30)31-15-13-26(12-14-27,33-25(31)32)20-6-8-21(28)9-7-20/h2-11,16-17H,12-15H2,1H3/t17-,26?/m0/s1. The zero-order chi connectivity index (χ0) is 23.6. The smallest absolute Gasteiger partial charge is 0.411 e. The van der Waals surface area contributed by atoms with Gasteiger partial charge in [-0.1, -0.05) is 52.3 Å². The molecule has 3 aromatic carbocycles. The summed E-state index contributed by atoms with van der Waals surface area (Å²) in [6.45, 7) is 2.38. The van der Waals surface area contributed by atoms with Crippen molar-refractivity contribution in [2.75, 3.05) is 11.9 Å². The van der Waals surface area contributed by atoms with Gasteiger partial charge in [0, 0.05) is 36.3 Å². The van der Waals surface area contributed by atoms with Crippen molar-refractivity contribution >= 4 is 22.0 Å². The van der Waals surface area contributed by atoms with Crippen LogP contribution in [0.25, 0.3) is 11.1 Å². The van der Waals surface area contributed by atoms with E-state index in [1.54, 1.807) is 29.2 Å². The molecule has 4 rings (SSSR count). The average Bonchev–Trinajstić information content (AvgIpc) is 2.79. The molecule has 1 amide bonds. The molecule has 0 aromatic heterocycles. The fourth-order valence-corrected chi connectivity index (χ4v) is 4.94. The summed E-state index contributed by atoms with van der Waals surface area (Å²) in [5, 5.41) is 0.634. The number of halogens is 4. The summed E-state index contributed by atoms with van der Waals surface area (Å²) in [6.07, 6.45) is 0.705. The van der Waals surface area contributed by atoms with Gasteiger partial charge in [-0.25, -0.2) is 18.0 Å². The van der Waals surface area contributed by atoms with Gasteiger partial charge in [0.25, 0.3) is 0 Å². The van der Waals surface area contributed by atoms with E-state index >= 15 is 0 Å². The number of nitrogens with zero attached hydrogens (tertiary/aromatic N) is 1. The second-order valence-electron chi connectivity index (χ2n) is 8.17. The Bertz CT molecular complexity index is 1140. The predicted molar refractivity (Wildman–Crippen MR) is 125 cm³/mol. The van der Waals surface area contributed by atoms with E-state index in [9.17, 15) is 18.0 Å². The fourth-order valence-electron chi connectivity index (χ4n) is 4.30. The lowest BCUT2D eigenvalue weighted by atomic mass is 9.86. The van der Waals surface area contributed by atoms with Crippen molar-refractivity contribution in [3.63, 3.8) is 0 Å². The molecule has 0 radical (unpaired) electrons. The highest BCUT2D eigenvalue weighted by Crippen LogP contribution is 2.40. The van der Waals surface area contributed by atoms with Crippen molar-refractivity contribution in [3.8, 4) is 11.1 Å². The zero-order valence-corrected chi connectivity index (χ0v) is 19.6. The van der Waals surface area contributed by atoms with Gasteiger partial charge in [-0.05, 0) is 47.9 Å². The second kappa shape index (κ2) is 9.59. The maximum atomic E-state index is 14.1. The Kier molecular flexibility index (Phi) is 6.79. The largest absolute Gasteiger partial charge is 0.438 e. The fraction of sp³-hybridized carbons (Fsp3) is 0.269. The lowest BCUT2D eigenvalue weighted by molar-refractivity contribution is -0.0620. The highest BCUT2D eigenvalue weighted by Gasteiger charge is 2.43. The Hall–Kier alpha value is -2.80. The van der Waals surface area contributed by atoms with Crippen LogP contribution in [0.5, 0.6) is 0 Å². The Balaban J connectivity index is 1.52. The van der Waals surface area contributed by atoms with Crippen molar-refractivity contribution < 1.29 is 22.7 Å². The van der Waals surface area contributed by atoms with Crippen LogP contribution in [0.4, 0.5) is 18.0 Å². The summed E-state index contributed by atoms with van der Waals surface area (Å²) in [7, 11) is 0. The molecule has 1 aliphatic rings. The topological polar surface area (TPSA) is 29.5 Å². The minimum absolute atomic E-state index is 0.264. The third-order valence-corrected chi connectivity index (χ3v) is 6.64. The highest BCUT2D eigenvalue weighted by molar-refractivity contribution is 9.09. The first-order valence-corrected chi connectivity index (χ1v) is 11.8. The normalized spacial score (nSPS) is 19.3. The number of amides is 1. The molecule has 172 valence electrons. The van der Waals surface area contributed by atoms with Crippen molar-refractivity contribution in [1.29, 1.82) is 0 Å². The van der Waals surface area contributed by atoms with E-state index in [0.717, 1.165) is 17.2 Å². The Morgan fingerprint density at radius 1 is 1.00 bits per heavy atom. The minimum Gasteiger partial charge on any atom is -0.438 e. The number of hydrogen-bond acceptors (Lipinski definition) is 2. The molecule has 0 spiro atoms. The summed E-state index contributed by atoms with van der Waals surface area (Å²) in [5.41, 5.74) is 1.76. The van der Waals surface area contributed by atoms with Crippen LogP contribution in [0, 0.1) is 17.5 Å². The van der Waals surface area contributed by atoms with Crippen molar-refractivity contribution in [2.24, 2.45) is 0 Å². The summed E-state index contributed by atoms with van der Waals surface area (Å²) in [5.74, 6) is -1.59. The van der Waals surface area contributed by atoms with Gasteiger partial charge < -0.3 is 9.64 Å². The molecule has 0 aliphatic carbocycles. The van der Waals surface area contributed by atoms with E-state index in [0.29, 0.717) is 35.8 Å². The van der Waals surface area contributed by atoms with E-state index in [-0.39, 0.29) is 11.9 Å². The Morgan fingerprint density at radius 2 is 1.67 bits per heavy atom. The van der Waals surface area contributed by atoms with Gasteiger partial charge in [0.1, 0.15) is 23.1 Å². The monoisotopic (exact) mass is 517 g/mol. The number of alkyl halides is 1. The number of rotatable bonds is 6. The number of ether oxygens (including phenoxy) is 1. The molecule has 1 aliphatic heterocycles. The lowest BCUT2D eigenvalue weighted by Crippen LogP contribution is -2.49. The summed E-state index contributed by atoms with van der Waals surface area (Å²) in [4.78, 5) is 14.7. The molecule has 2 atom stereocenters. The third kappa shape index (κ3) is 4.78. The molecule has 3 nitrogen and oxygen atoms in total. The van der Waals surface area contributed by atoms with Crippen LogP contribution in [0.15, 0.2) is 66.7 Å². The first kappa shape index (κ1) is 23.4. The highest BCUT2D eigenvalue weighted by atomic mass is 79.9. The quantitative estimate of drug-likeness (QED) is 0.319. The SMILES string of the molecule is C[C@@H](c1ccc(-c2ccc(F)cc2F)cc1)N1CCC(CCBr)(c2ccc(F)cc2)OC1=O. The maximum Gasteiger partial charge on any atom is 0.411 e. The molecule has 3 aromatic rings. The Morgan fingerprint density at radius 3 is 2.27 bits per heavy atom. The summed E-state index contributed by atoms with van der Waals surface area (Å²) < 4.78 is 46.7. The van der Waals surface area contributed by atoms with E-state index < -0.39 is 23.3 Å². The molecule has 0 N–H and O–H groups in total. The van der Waals surface area contributed by atoms with Crippen LogP contribution in [-0.2, 0) is 10.3 Å². The van der Waals surface area contributed by atoms with Crippen LogP contribution in [0.2, 0.25) is 0 Å². The molecule has 0 bridgehead atoms. The zero-order valence-electron chi connectivity index (χ0n) is 18.0. The van der Waals surface area contributed by atoms with E-state index in [1.165, 1.54) is 24.3 Å². The van der Waals surface area contributed by atoms with E-state index in [4.69, 9.17) is 4.74 Å². The number of benzene rings is 3. The number of carbonyl (C=O) groups is 1. The van der Waals surface area contributed by atoms with Gasteiger partial charge in [0.15, 0.2) is 0 Å². The molecule has 1 unspecified atom stereocenters. The van der Waals surface area contributed by atoms with Gasteiger partial charge in [0.2, 0.25) is 0 Å². The third-order valence-electron chi connectivity index (χ3n) is 6.25. The van der Waals surface area contributed by atoms with Crippen LogP contribution in [-0.4, -0.2) is 22.9 Å². The number of hydrogen-bond donors (Lipinski definition) is 0. The number of cyclic esters (lactones) is 1. The Labute approximate surface area is 199 Å². The molecule has 1 fully saturated rings. The van der Waals surface area contributed by atoms with Gasteiger partial charge in [-0.3, -0.25) is 0 Å². The summed E-state index contributed by atoms with van der Waals surface area (Å²) in [6, 6.07) is 16.5. The van der Waals surface area contributed by atoms with Gasteiger partial charge in [-0.2, -0.15) is 0 Å². The predicted octanol–water partition coefficient (Wildman–Crippen LogP) is 7.35. The van der Waals surface area contributed by atoms with Crippen LogP contribution in [0.1, 0.15) is 36.9 Å². The van der Waals surface area contributed by atoms with Crippen molar-refractivity contribution in [2.45, 2.75) is 31.4 Å². The van der Waals surface area contributed by atoms with Crippen molar-refractivity contribution in [3.05, 3.63) is 95.3 Å². The van der Waals surface area contributed by atoms with Crippen LogP contribution >= 0.6 is 15.9 Å². The average molecular weight is 518 g/mol. The molecular formula is C26H23BrF3NO2. The molecule has 7 heteroatoms. The second-order valence-corrected chi connectivity index (χ2v) is 8.97. The first-order valence-electron chi connectivity index (χ1n) is 10.7.